The van der Waals surface area contributed by atoms with E-state index in [-0.39, 0.29) is 11.2 Å². The largest absolute Gasteiger partial charge is 0.534 e. The van der Waals surface area contributed by atoms with Crippen LogP contribution in [0.25, 0.3) is 0 Å². The fourth-order valence-electron chi connectivity index (χ4n) is 3.74. The van der Waals surface area contributed by atoms with Crippen LogP contribution in [0.4, 0.5) is 13.2 Å². The minimum absolute atomic E-state index is 0.294. The van der Waals surface area contributed by atoms with Gasteiger partial charge in [0.15, 0.2) is 0 Å². The first kappa shape index (κ1) is 18.1. The molecule has 0 atom stereocenters. The summed E-state index contributed by atoms with van der Waals surface area (Å²) in [4.78, 5) is 0. The van der Waals surface area contributed by atoms with Crippen LogP contribution in [-0.2, 0) is 14.3 Å². The molecule has 0 aliphatic heterocycles. The van der Waals surface area contributed by atoms with Gasteiger partial charge in [-0.25, -0.2) is 0 Å². The molecule has 0 bridgehead atoms. The molecule has 0 amide bonds. The summed E-state index contributed by atoms with van der Waals surface area (Å²) in [7, 11) is -5.69. The van der Waals surface area contributed by atoms with E-state index in [0.717, 1.165) is 43.3 Å². The van der Waals surface area contributed by atoms with E-state index in [1.165, 1.54) is 0 Å². The Labute approximate surface area is 135 Å². The Morgan fingerprint density at radius 1 is 1.26 bits per heavy atom. The van der Waals surface area contributed by atoms with Crippen LogP contribution in [0.1, 0.15) is 52.4 Å². The van der Waals surface area contributed by atoms with E-state index < -0.39 is 15.6 Å². The molecule has 0 aromatic rings. The quantitative estimate of drug-likeness (QED) is 0.408. The van der Waals surface area contributed by atoms with E-state index in [1.54, 1.807) is 0 Å². The maximum atomic E-state index is 12.6. The lowest BCUT2D eigenvalue weighted by molar-refractivity contribution is -0.0521. The van der Waals surface area contributed by atoms with Crippen molar-refractivity contribution in [3.63, 3.8) is 0 Å². The average Bonchev–Trinajstić information content (AvgIpc) is 3.04. The van der Waals surface area contributed by atoms with Gasteiger partial charge in [0.2, 0.25) is 0 Å². The average molecular weight is 350 g/mol. The first-order valence-corrected chi connectivity index (χ1v) is 9.02. The lowest BCUT2D eigenvalue weighted by Crippen LogP contribution is -2.27. The number of hydrogen-bond donors (Lipinski definition) is 0. The molecular weight excluding hydrogens is 329 g/mol. The predicted molar refractivity (Wildman–Crippen MR) is 81.8 cm³/mol. The molecule has 1 saturated carbocycles. The fourth-order valence-corrected chi connectivity index (χ4v) is 4.18. The number of rotatable bonds is 4. The van der Waals surface area contributed by atoms with E-state index >= 15 is 0 Å². The molecule has 2 aliphatic carbocycles. The topological polar surface area (TPSA) is 43.4 Å². The van der Waals surface area contributed by atoms with Crippen LogP contribution >= 0.6 is 0 Å². The maximum absolute atomic E-state index is 12.6. The Morgan fingerprint density at radius 2 is 1.83 bits per heavy atom. The summed E-state index contributed by atoms with van der Waals surface area (Å²) in [5.41, 5.74) is -3.38. The number of halogens is 3. The van der Waals surface area contributed by atoms with Gasteiger partial charge in [-0.2, -0.15) is 21.6 Å². The van der Waals surface area contributed by atoms with Gasteiger partial charge >= 0.3 is 15.6 Å². The van der Waals surface area contributed by atoms with Gasteiger partial charge in [-0.15, -0.1) is 0 Å². The molecule has 7 heteroatoms. The molecule has 0 unspecified atom stereocenters. The number of alkyl halides is 3. The standard InChI is InChI=1S/C16H21F3O3S/c1-4-11(2)13-7-10-15(8-5-6-9-15)14(13)12(3)22-23(20,21)16(17,18)19/h4H,3,5-10H2,1-2H3/b11-4-. The van der Waals surface area contributed by atoms with Crippen LogP contribution in [0.5, 0.6) is 0 Å². The lowest BCUT2D eigenvalue weighted by Gasteiger charge is -2.28. The summed E-state index contributed by atoms with van der Waals surface area (Å²) in [5.74, 6) is -0.377. The van der Waals surface area contributed by atoms with Gasteiger partial charge in [-0.05, 0) is 50.5 Å². The highest BCUT2D eigenvalue weighted by Crippen LogP contribution is 2.57. The molecule has 2 aliphatic rings. The molecule has 0 N–H and O–H groups in total. The summed E-state index contributed by atoms with van der Waals surface area (Å²) < 4.78 is 64.8. The van der Waals surface area contributed by atoms with Gasteiger partial charge in [0, 0.05) is 5.57 Å². The van der Waals surface area contributed by atoms with Crippen molar-refractivity contribution >= 4 is 10.1 Å². The molecular formula is C16H21F3O3S. The fraction of sp³-hybridized carbons (Fsp3) is 0.625. The molecule has 1 spiro atoms. The molecule has 0 aromatic carbocycles. The summed E-state index contributed by atoms with van der Waals surface area (Å²) in [5, 5.41) is 0. The Balaban J connectivity index is 2.44. The van der Waals surface area contributed by atoms with Crippen LogP contribution in [-0.4, -0.2) is 13.9 Å². The van der Waals surface area contributed by atoms with Gasteiger partial charge in [0.05, 0.1) is 0 Å². The summed E-state index contributed by atoms with van der Waals surface area (Å²) in [6.45, 7) is 7.25. The third kappa shape index (κ3) is 3.20. The molecule has 130 valence electrons. The first-order chi connectivity index (χ1) is 10.5. The Bertz CT molecular complexity index is 663. The number of allylic oxidation sites excluding steroid dienone is 4. The summed E-state index contributed by atoms with van der Waals surface area (Å²) in [6, 6.07) is 0. The van der Waals surface area contributed by atoms with Gasteiger partial charge in [-0.3, -0.25) is 0 Å². The smallest absolute Gasteiger partial charge is 0.376 e. The molecule has 3 nitrogen and oxygen atoms in total. The second-order valence-electron chi connectivity index (χ2n) is 6.22. The Hall–Kier alpha value is -1.24. The second-order valence-corrected chi connectivity index (χ2v) is 7.76. The zero-order valence-corrected chi connectivity index (χ0v) is 14.1. The molecule has 23 heavy (non-hydrogen) atoms. The van der Waals surface area contributed by atoms with E-state index in [4.69, 9.17) is 0 Å². The van der Waals surface area contributed by atoms with Crippen molar-refractivity contribution in [3.8, 4) is 0 Å². The molecule has 1 fully saturated rings. The molecule has 0 aromatic heterocycles. The van der Waals surface area contributed by atoms with Crippen LogP contribution in [0.2, 0.25) is 0 Å². The van der Waals surface area contributed by atoms with Crippen molar-refractivity contribution in [1.29, 1.82) is 0 Å². The third-order valence-electron chi connectivity index (χ3n) is 4.93. The summed E-state index contributed by atoms with van der Waals surface area (Å²) >= 11 is 0. The van der Waals surface area contributed by atoms with E-state index in [0.29, 0.717) is 12.0 Å². The predicted octanol–water partition coefficient (Wildman–Crippen LogP) is 4.98. The highest BCUT2D eigenvalue weighted by Gasteiger charge is 2.51. The second kappa shape index (κ2) is 6.00. The van der Waals surface area contributed by atoms with Crippen LogP contribution in [0.15, 0.2) is 35.1 Å². The van der Waals surface area contributed by atoms with Crippen molar-refractivity contribution in [2.45, 2.75) is 57.9 Å². The monoisotopic (exact) mass is 350 g/mol. The van der Waals surface area contributed by atoms with Crippen LogP contribution in [0, 0.1) is 5.41 Å². The maximum Gasteiger partial charge on any atom is 0.534 e. The lowest BCUT2D eigenvalue weighted by atomic mass is 9.78. The minimum Gasteiger partial charge on any atom is -0.376 e. The molecule has 0 saturated heterocycles. The Kier molecular flexibility index (Phi) is 4.72. The highest BCUT2D eigenvalue weighted by molar-refractivity contribution is 7.87. The third-order valence-corrected chi connectivity index (χ3v) is 5.92. The SMILES string of the molecule is C=C(OS(=O)(=O)C(F)(F)F)C1=C(/C(C)=C\C)CCC12CCCC2. The van der Waals surface area contributed by atoms with Crippen molar-refractivity contribution in [1.82, 2.24) is 0 Å². The van der Waals surface area contributed by atoms with E-state index in [9.17, 15) is 21.6 Å². The van der Waals surface area contributed by atoms with Crippen molar-refractivity contribution in [2.24, 2.45) is 5.41 Å². The normalized spacial score (nSPS) is 22.0. The number of hydrogen-bond acceptors (Lipinski definition) is 3. The molecule has 0 heterocycles. The molecule has 0 radical (unpaired) electrons. The van der Waals surface area contributed by atoms with Crippen molar-refractivity contribution < 1.29 is 25.8 Å². The minimum atomic E-state index is -5.69. The van der Waals surface area contributed by atoms with Crippen molar-refractivity contribution in [2.75, 3.05) is 0 Å². The van der Waals surface area contributed by atoms with Crippen LogP contribution in [0.3, 0.4) is 0 Å². The molecule has 2 rings (SSSR count). The summed E-state index contributed by atoms with van der Waals surface area (Å²) in [6.07, 6.45) is 7.00. The van der Waals surface area contributed by atoms with Gasteiger partial charge in [-0.1, -0.05) is 31.1 Å². The van der Waals surface area contributed by atoms with Gasteiger partial charge in [0.25, 0.3) is 0 Å². The van der Waals surface area contributed by atoms with E-state index in [2.05, 4.69) is 10.8 Å². The highest BCUT2D eigenvalue weighted by atomic mass is 32.2. The van der Waals surface area contributed by atoms with Crippen LogP contribution < -0.4 is 0 Å². The van der Waals surface area contributed by atoms with Crippen molar-refractivity contribution in [3.05, 3.63) is 35.1 Å². The van der Waals surface area contributed by atoms with Gasteiger partial charge < -0.3 is 4.18 Å². The van der Waals surface area contributed by atoms with E-state index in [1.807, 2.05) is 19.9 Å². The van der Waals surface area contributed by atoms with Gasteiger partial charge in [0.1, 0.15) is 5.76 Å². The zero-order valence-electron chi connectivity index (χ0n) is 13.3. The Morgan fingerprint density at radius 3 is 2.30 bits per heavy atom. The zero-order chi connectivity index (χ0) is 17.5. The first-order valence-electron chi connectivity index (χ1n) is 7.61.